The first-order valence-electron chi connectivity index (χ1n) is 3.92. The van der Waals surface area contributed by atoms with Gasteiger partial charge in [-0.05, 0) is 6.07 Å². The third-order valence-corrected chi connectivity index (χ3v) is 1.88. The third-order valence-electron chi connectivity index (χ3n) is 1.62. The van der Waals surface area contributed by atoms with Crippen LogP contribution in [-0.2, 0) is 19.5 Å². The smallest absolute Gasteiger partial charge is 0.482 e. The summed E-state index contributed by atoms with van der Waals surface area (Å²) in [4.78, 5) is 8.02. The van der Waals surface area contributed by atoms with Gasteiger partial charge in [-0.2, -0.15) is 0 Å². The molecule has 0 atom stereocenters. The normalized spacial score (nSPS) is 7.88. The van der Waals surface area contributed by atoms with Crippen molar-refractivity contribution in [1.29, 1.82) is 0 Å². The molecule has 2 aromatic rings. The molecule has 1 aromatic carbocycles. The van der Waals surface area contributed by atoms with Crippen molar-refractivity contribution in [2.24, 2.45) is 0 Å². The number of hydrogen-bond acceptors (Lipinski definition) is 4. The zero-order valence-electron chi connectivity index (χ0n) is 8.92. The van der Waals surface area contributed by atoms with Gasteiger partial charge in [0, 0.05) is 38.2 Å². The fraction of sp³-hybridized carbons (Fsp3) is 0.111. The van der Waals surface area contributed by atoms with Gasteiger partial charge >= 0.3 is 16.6 Å². The Morgan fingerprint density at radius 3 is 2.62 bits per heavy atom. The second-order valence-electron chi connectivity index (χ2n) is 2.33. The van der Waals surface area contributed by atoms with Gasteiger partial charge in [-0.3, -0.25) is 0 Å². The van der Waals surface area contributed by atoms with Gasteiger partial charge in [0.2, 0.25) is 0 Å². The number of rotatable bonds is 1. The van der Waals surface area contributed by atoms with Gasteiger partial charge in [0.1, 0.15) is 17.6 Å². The topological polar surface area (TPSA) is 86.7 Å². The molecule has 80 valence electrons. The average Bonchev–Trinajstić information content (AvgIpc) is 2.31. The number of fused-ring (bicyclic) bond motifs is 1. The number of nitrogens with zero attached hydrogens (tertiary/aromatic N) is 2. The number of benzene rings is 1. The van der Waals surface area contributed by atoms with Crippen molar-refractivity contribution in [2.45, 2.75) is 0 Å². The van der Waals surface area contributed by atoms with E-state index in [1.807, 2.05) is 18.2 Å². The van der Waals surface area contributed by atoms with E-state index in [0.29, 0.717) is 0 Å². The molecule has 3 N–H and O–H groups in total. The maximum absolute atomic E-state index is 7.00. The van der Waals surface area contributed by atoms with E-state index in [4.69, 9.17) is 8.90 Å². The Hall–Kier alpha value is -0.564. The molecule has 1 heterocycles. The zero-order valence-corrected chi connectivity index (χ0v) is 13.0. The molecular formula is C9H11AlN2O3Zn. The van der Waals surface area contributed by atoms with Crippen LogP contribution in [0, 0.1) is 0 Å². The van der Waals surface area contributed by atoms with E-state index in [-0.39, 0.29) is 25.0 Å². The van der Waals surface area contributed by atoms with Crippen LogP contribution in [0.3, 0.4) is 0 Å². The minimum absolute atomic E-state index is 0. The van der Waals surface area contributed by atoms with Gasteiger partial charge in [0.15, 0.2) is 0 Å². The van der Waals surface area contributed by atoms with Crippen molar-refractivity contribution in [3.63, 3.8) is 0 Å². The summed E-state index contributed by atoms with van der Waals surface area (Å²) in [5, 5.41) is 7.98. The van der Waals surface area contributed by atoms with Gasteiger partial charge in [0.25, 0.3) is 0 Å². The maximum Gasteiger partial charge on any atom is 0.482 e. The molecule has 0 aliphatic rings. The van der Waals surface area contributed by atoms with E-state index in [2.05, 4.69) is 26.6 Å². The molecule has 0 amide bonds. The number of aromatic nitrogens is 2. The summed E-state index contributed by atoms with van der Waals surface area (Å²) in [7, 11) is 1.00. The minimum atomic E-state index is 0. The molecule has 7 heteroatoms. The van der Waals surface area contributed by atoms with E-state index in [1.165, 1.54) is 6.33 Å². The monoisotopic (exact) mass is 286 g/mol. The largest absolute Gasteiger partial charge is 0.652 e. The fourth-order valence-electron chi connectivity index (χ4n) is 1.08. The van der Waals surface area contributed by atoms with Crippen molar-refractivity contribution in [1.82, 2.24) is 9.97 Å². The van der Waals surface area contributed by atoms with Crippen molar-refractivity contribution in [3.8, 4) is 5.75 Å². The Bertz CT molecular complexity index is 411. The predicted octanol–water partition coefficient (Wildman–Crippen LogP) is -0.127. The molecule has 1 aromatic heterocycles. The SMILES string of the molecule is CO.O.[Al][O]c1cccc2cncnc12.[Zn]. The van der Waals surface area contributed by atoms with Crippen LogP contribution >= 0.6 is 0 Å². The van der Waals surface area contributed by atoms with Crippen LogP contribution in [0.5, 0.6) is 5.75 Å². The number of hydrogen-bond donors (Lipinski definition) is 1. The first kappa shape index (κ1) is 17.8. The summed E-state index contributed by atoms with van der Waals surface area (Å²) in [6, 6.07) is 5.72. The molecule has 16 heavy (non-hydrogen) atoms. The molecule has 0 unspecified atom stereocenters. The van der Waals surface area contributed by atoms with E-state index < -0.39 is 0 Å². The second-order valence-corrected chi connectivity index (χ2v) is 2.57. The molecule has 0 saturated carbocycles. The Morgan fingerprint density at radius 1 is 1.31 bits per heavy atom. The molecule has 0 fully saturated rings. The van der Waals surface area contributed by atoms with Crippen LogP contribution in [0.4, 0.5) is 0 Å². The molecule has 0 spiro atoms. The first-order valence-corrected chi connectivity index (χ1v) is 4.39. The fourth-order valence-corrected chi connectivity index (χ4v) is 1.27. The molecule has 0 aliphatic carbocycles. The van der Waals surface area contributed by atoms with E-state index >= 15 is 0 Å². The summed E-state index contributed by atoms with van der Waals surface area (Å²) in [5.41, 5.74) is 0.836. The van der Waals surface area contributed by atoms with E-state index in [9.17, 15) is 0 Å². The molecule has 0 aliphatic heterocycles. The van der Waals surface area contributed by atoms with E-state index in [0.717, 1.165) is 23.8 Å². The zero-order chi connectivity index (χ0) is 10.4. The van der Waals surface area contributed by atoms with E-state index in [1.54, 1.807) is 6.20 Å². The summed E-state index contributed by atoms with van der Waals surface area (Å²) in [5.74, 6) is 0.750. The number of aliphatic hydroxyl groups excluding tert-OH is 1. The van der Waals surface area contributed by atoms with Gasteiger partial charge in [-0.1, -0.05) is 12.1 Å². The molecule has 0 bridgehead atoms. The van der Waals surface area contributed by atoms with Crippen molar-refractivity contribution in [3.05, 3.63) is 30.7 Å². The van der Waals surface area contributed by atoms with Crippen LogP contribution in [0.25, 0.3) is 10.9 Å². The Balaban J connectivity index is 0. The molecule has 2 radical (unpaired) electrons. The Labute approximate surface area is 115 Å². The van der Waals surface area contributed by atoms with Crippen molar-refractivity contribution in [2.75, 3.05) is 7.11 Å². The van der Waals surface area contributed by atoms with Crippen molar-refractivity contribution >= 4 is 27.5 Å². The first-order chi connectivity index (χ1) is 6.92. The molecule has 0 saturated heterocycles. The summed E-state index contributed by atoms with van der Waals surface area (Å²) >= 11 is 2.21. The van der Waals surface area contributed by atoms with Crippen LogP contribution in [0.1, 0.15) is 0 Å². The minimum Gasteiger partial charge on any atom is -0.652 e. The maximum atomic E-state index is 7.00. The van der Waals surface area contributed by atoms with Crippen LogP contribution < -0.4 is 3.79 Å². The number of para-hydroxylation sites is 1. The van der Waals surface area contributed by atoms with Gasteiger partial charge < -0.3 is 14.4 Å². The summed E-state index contributed by atoms with van der Waals surface area (Å²) in [6.07, 6.45) is 3.27. The van der Waals surface area contributed by atoms with Crippen LogP contribution in [0.2, 0.25) is 0 Å². The summed E-state index contributed by atoms with van der Waals surface area (Å²) in [6.45, 7) is 0. The van der Waals surface area contributed by atoms with Gasteiger partial charge in [0.05, 0.1) is 0 Å². The Morgan fingerprint density at radius 2 is 2.00 bits per heavy atom. The summed E-state index contributed by atoms with van der Waals surface area (Å²) < 4.78 is 5.05. The quantitative estimate of drug-likeness (QED) is 0.741. The third kappa shape index (κ3) is 4.13. The molecular weight excluding hydrogens is 276 g/mol. The van der Waals surface area contributed by atoms with Crippen LogP contribution in [-0.4, -0.2) is 44.3 Å². The number of aliphatic hydroxyl groups is 1. The Kier molecular flexibility index (Phi) is 10.7. The standard InChI is InChI=1S/C8H6N2O.CH4O.Al.H2O.Zn/c11-7-3-1-2-6-4-9-5-10-8(6)7;1-2;;;/h1-5,11H;2H,1H3;;1H2;/q;;+1;;/p-1. The molecule has 2 rings (SSSR count). The predicted molar refractivity (Wildman–Crippen MR) is 57.7 cm³/mol. The molecule has 5 nitrogen and oxygen atoms in total. The van der Waals surface area contributed by atoms with Gasteiger partial charge in [-0.15, -0.1) is 0 Å². The average molecular weight is 288 g/mol. The second kappa shape index (κ2) is 9.65. The van der Waals surface area contributed by atoms with Gasteiger partial charge in [-0.25, -0.2) is 9.97 Å². The van der Waals surface area contributed by atoms with Crippen LogP contribution in [0.15, 0.2) is 30.7 Å². The van der Waals surface area contributed by atoms with Crippen molar-refractivity contribution < 1.29 is 33.8 Å².